The summed E-state index contributed by atoms with van der Waals surface area (Å²) < 4.78 is 5.52. The lowest BCUT2D eigenvalue weighted by Crippen LogP contribution is -1.99. The summed E-state index contributed by atoms with van der Waals surface area (Å²) in [6.07, 6.45) is 0. The number of hydrogen-bond donors (Lipinski definition) is 2. The fourth-order valence-electron chi connectivity index (χ4n) is 1.57. The topological polar surface area (TPSA) is 66.8 Å². The summed E-state index contributed by atoms with van der Waals surface area (Å²) in [4.78, 5) is 11.0. The second-order valence-electron chi connectivity index (χ2n) is 3.71. The molecule has 0 bridgehead atoms. The molecule has 0 aliphatic heterocycles. The summed E-state index contributed by atoms with van der Waals surface area (Å²) in [5, 5.41) is 18.0. The van der Waals surface area contributed by atoms with E-state index in [1.165, 1.54) is 6.07 Å². The first-order chi connectivity index (χ1) is 8.70. The van der Waals surface area contributed by atoms with Gasteiger partial charge in [-0.05, 0) is 29.8 Å². The molecule has 0 heterocycles. The Morgan fingerprint density at radius 3 is 2.61 bits per heavy atom. The van der Waals surface area contributed by atoms with E-state index in [-0.39, 0.29) is 17.9 Å². The number of hydrogen-bond acceptors (Lipinski definition) is 3. The van der Waals surface area contributed by atoms with E-state index in [0.29, 0.717) is 11.3 Å². The molecule has 92 valence electrons. The number of rotatable bonds is 4. The van der Waals surface area contributed by atoms with Crippen molar-refractivity contribution in [3.8, 4) is 11.5 Å². The van der Waals surface area contributed by atoms with Crippen LogP contribution >= 0.6 is 0 Å². The molecule has 0 unspecified atom stereocenters. The van der Waals surface area contributed by atoms with Gasteiger partial charge in [0.05, 0.1) is 6.61 Å². The van der Waals surface area contributed by atoms with Crippen molar-refractivity contribution >= 4 is 5.97 Å². The lowest BCUT2D eigenvalue weighted by molar-refractivity contribution is 0.0694. The molecule has 2 aromatic carbocycles. The van der Waals surface area contributed by atoms with Gasteiger partial charge in [0.25, 0.3) is 0 Å². The van der Waals surface area contributed by atoms with Gasteiger partial charge >= 0.3 is 5.97 Å². The zero-order chi connectivity index (χ0) is 13.0. The van der Waals surface area contributed by atoms with Gasteiger partial charge in [0.2, 0.25) is 0 Å². The molecule has 0 amide bonds. The summed E-state index contributed by atoms with van der Waals surface area (Å²) in [6.45, 7) is -0.0855. The summed E-state index contributed by atoms with van der Waals surface area (Å²) in [5.74, 6) is -0.265. The van der Waals surface area contributed by atoms with Crippen LogP contribution in [-0.2, 0) is 6.61 Å². The number of aliphatic hydroxyl groups is 1. The fourth-order valence-corrected chi connectivity index (χ4v) is 1.57. The van der Waals surface area contributed by atoms with Crippen LogP contribution in [0.15, 0.2) is 48.5 Å². The number of para-hydroxylation sites is 1. The van der Waals surface area contributed by atoms with Gasteiger partial charge in [-0.15, -0.1) is 0 Å². The number of ether oxygens (including phenoxy) is 1. The number of aromatic carboxylic acids is 1. The highest BCUT2D eigenvalue weighted by Gasteiger charge is 2.10. The molecule has 0 fully saturated rings. The van der Waals surface area contributed by atoms with Crippen LogP contribution < -0.4 is 4.74 Å². The Morgan fingerprint density at radius 1 is 1.11 bits per heavy atom. The zero-order valence-corrected chi connectivity index (χ0v) is 9.54. The van der Waals surface area contributed by atoms with Gasteiger partial charge in [0.15, 0.2) is 0 Å². The highest BCUT2D eigenvalue weighted by molar-refractivity contribution is 5.90. The second-order valence-corrected chi connectivity index (χ2v) is 3.71. The van der Waals surface area contributed by atoms with Gasteiger partial charge in [0.1, 0.15) is 17.1 Å². The van der Waals surface area contributed by atoms with E-state index in [2.05, 4.69) is 0 Å². The fraction of sp³-hybridized carbons (Fsp3) is 0.0714. The van der Waals surface area contributed by atoms with Gasteiger partial charge in [-0.3, -0.25) is 0 Å². The molecule has 0 aliphatic rings. The molecule has 2 N–H and O–H groups in total. The van der Waals surface area contributed by atoms with Crippen LogP contribution in [0.1, 0.15) is 15.9 Å². The molecule has 2 aromatic rings. The van der Waals surface area contributed by atoms with Crippen molar-refractivity contribution in [3.63, 3.8) is 0 Å². The molecule has 4 heteroatoms. The van der Waals surface area contributed by atoms with Gasteiger partial charge in [-0.25, -0.2) is 4.79 Å². The van der Waals surface area contributed by atoms with E-state index in [9.17, 15) is 4.79 Å². The maximum atomic E-state index is 11.0. The summed E-state index contributed by atoms with van der Waals surface area (Å²) in [6, 6.07) is 13.3. The molecule has 18 heavy (non-hydrogen) atoms. The van der Waals surface area contributed by atoms with Crippen LogP contribution in [0.4, 0.5) is 0 Å². The maximum Gasteiger partial charge on any atom is 0.339 e. The molecule has 0 spiro atoms. The molecule has 0 atom stereocenters. The monoisotopic (exact) mass is 244 g/mol. The summed E-state index contributed by atoms with van der Waals surface area (Å²) in [5.41, 5.74) is 0.812. The molecule has 0 aliphatic carbocycles. The lowest BCUT2D eigenvalue weighted by Gasteiger charge is -2.09. The van der Waals surface area contributed by atoms with Gasteiger partial charge in [-0.2, -0.15) is 0 Å². The van der Waals surface area contributed by atoms with Crippen molar-refractivity contribution in [1.29, 1.82) is 0 Å². The van der Waals surface area contributed by atoms with E-state index in [4.69, 9.17) is 14.9 Å². The molecule has 2 rings (SSSR count). The Balaban J connectivity index is 2.31. The van der Waals surface area contributed by atoms with Gasteiger partial charge in [-0.1, -0.05) is 24.3 Å². The van der Waals surface area contributed by atoms with Crippen LogP contribution in [-0.4, -0.2) is 16.2 Å². The van der Waals surface area contributed by atoms with E-state index in [1.807, 2.05) is 0 Å². The number of carboxylic acid groups (broad SMARTS) is 1. The SMILES string of the molecule is O=C(O)c1ccccc1Oc1cccc(CO)c1. The summed E-state index contributed by atoms with van der Waals surface area (Å²) in [7, 11) is 0. The Morgan fingerprint density at radius 2 is 1.89 bits per heavy atom. The van der Waals surface area contributed by atoms with E-state index < -0.39 is 5.97 Å². The van der Waals surface area contributed by atoms with Gasteiger partial charge in [0, 0.05) is 0 Å². The number of aliphatic hydroxyl groups excluding tert-OH is 1. The quantitative estimate of drug-likeness (QED) is 0.867. The minimum absolute atomic E-state index is 0.0855. The third kappa shape index (κ3) is 2.67. The minimum atomic E-state index is -1.04. The molecular weight excluding hydrogens is 232 g/mol. The van der Waals surface area contributed by atoms with Crippen molar-refractivity contribution < 1.29 is 19.7 Å². The zero-order valence-electron chi connectivity index (χ0n) is 9.54. The first-order valence-corrected chi connectivity index (χ1v) is 5.40. The predicted molar refractivity (Wildman–Crippen MR) is 65.8 cm³/mol. The van der Waals surface area contributed by atoms with Crippen molar-refractivity contribution in [2.45, 2.75) is 6.61 Å². The third-order valence-corrected chi connectivity index (χ3v) is 2.43. The molecule has 0 aromatic heterocycles. The van der Waals surface area contributed by atoms with Crippen molar-refractivity contribution in [3.05, 3.63) is 59.7 Å². The highest BCUT2D eigenvalue weighted by atomic mass is 16.5. The first-order valence-electron chi connectivity index (χ1n) is 5.40. The molecule has 0 radical (unpaired) electrons. The van der Waals surface area contributed by atoms with Crippen LogP contribution in [0.2, 0.25) is 0 Å². The van der Waals surface area contributed by atoms with Crippen molar-refractivity contribution in [2.75, 3.05) is 0 Å². The molecular formula is C14H12O4. The standard InChI is InChI=1S/C14H12O4/c15-9-10-4-3-5-11(8-10)18-13-7-2-1-6-12(13)14(16)17/h1-8,15H,9H2,(H,16,17). The van der Waals surface area contributed by atoms with E-state index in [1.54, 1.807) is 42.5 Å². The Labute approximate surface area is 104 Å². The Bertz CT molecular complexity index is 563. The van der Waals surface area contributed by atoms with E-state index in [0.717, 1.165) is 0 Å². The maximum absolute atomic E-state index is 11.0. The average Bonchev–Trinajstić information content (AvgIpc) is 2.39. The second kappa shape index (κ2) is 5.33. The Kier molecular flexibility index (Phi) is 3.60. The van der Waals surface area contributed by atoms with Gasteiger partial charge < -0.3 is 14.9 Å². The predicted octanol–water partition coefficient (Wildman–Crippen LogP) is 2.67. The Hall–Kier alpha value is -2.33. The number of carboxylic acids is 1. The summed E-state index contributed by atoms with van der Waals surface area (Å²) >= 11 is 0. The lowest BCUT2D eigenvalue weighted by atomic mass is 10.2. The average molecular weight is 244 g/mol. The van der Waals surface area contributed by atoms with Crippen LogP contribution in [0.25, 0.3) is 0 Å². The minimum Gasteiger partial charge on any atom is -0.478 e. The van der Waals surface area contributed by atoms with Crippen molar-refractivity contribution in [1.82, 2.24) is 0 Å². The number of benzene rings is 2. The molecule has 0 saturated carbocycles. The first kappa shape index (κ1) is 12.1. The third-order valence-electron chi connectivity index (χ3n) is 2.43. The smallest absolute Gasteiger partial charge is 0.339 e. The molecule has 0 saturated heterocycles. The van der Waals surface area contributed by atoms with Crippen LogP contribution in [0, 0.1) is 0 Å². The number of carbonyl (C=O) groups is 1. The van der Waals surface area contributed by atoms with Crippen LogP contribution in [0.5, 0.6) is 11.5 Å². The highest BCUT2D eigenvalue weighted by Crippen LogP contribution is 2.25. The molecule has 4 nitrogen and oxygen atoms in total. The van der Waals surface area contributed by atoms with E-state index >= 15 is 0 Å². The largest absolute Gasteiger partial charge is 0.478 e. The normalized spacial score (nSPS) is 10.1. The van der Waals surface area contributed by atoms with Crippen molar-refractivity contribution in [2.24, 2.45) is 0 Å². The van der Waals surface area contributed by atoms with Crippen LogP contribution in [0.3, 0.4) is 0 Å².